The van der Waals surface area contributed by atoms with Crippen LogP contribution in [0.3, 0.4) is 0 Å². The van der Waals surface area contributed by atoms with Crippen LogP contribution in [0.4, 0.5) is 11.6 Å². The Bertz CT molecular complexity index is 2280. The molecule has 2 amide bonds. The predicted octanol–water partition coefficient (Wildman–Crippen LogP) is 12.3. The Balaban J connectivity index is 0.000000249. The van der Waals surface area contributed by atoms with E-state index in [1.54, 1.807) is 19.5 Å². The van der Waals surface area contributed by atoms with Crippen LogP contribution in [-0.2, 0) is 16.1 Å². The molecule has 0 aliphatic rings. The molecule has 2 aromatic heterocycles. The van der Waals surface area contributed by atoms with E-state index in [0.717, 1.165) is 58.5 Å². The van der Waals surface area contributed by atoms with Crippen molar-refractivity contribution in [2.24, 2.45) is 10.8 Å². The number of halogens is 2. The van der Waals surface area contributed by atoms with Gasteiger partial charge in [-0.2, -0.15) is 0 Å². The summed E-state index contributed by atoms with van der Waals surface area (Å²) in [4.78, 5) is 36.2. The lowest BCUT2D eigenvalue weighted by Crippen LogP contribution is -2.34. The molecule has 7 nitrogen and oxygen atoms in total. The van der Waals surface area contributed by atoms with Crippen LogP contribution < -0.4 is 15.0 Å². The van der Waals surface area contributed by atoms with Crippen molar-refractivity contribution in [3.05, 3.63) is 123 Å². The van der Waals surface area contributed by atoms with E-state index in [9.17, 15) is 9.59 Å². The summed E-state index contributed by atoms with van der Waals surface area (Å²) in [7, 11) is 1.69. The van der Waals surface area contributed by atoms with Crippen molar-refractivity contribution in [3.63, 3.8) is 0 Å². The number of pyridine rings is 2. The summed E-state index contributed by atoms with van der Waals surface area (Å²) in [5.41, 5.74) is 4.26. The van der Waals surface area contributed by atoms with Crippen molar-refractivity contribution in [1.82, 2.24) is 9.97 Å². The molecule has 1 N–H and O–H groups in total. The molecule has 4 aromatic carbocycles. The van der Waals surface area contributed by atoms with Crippen molar-refractivity contribution >= 4 is 76.9 Å². The number of aryl methyl sites for hydroxylation is 1. The first-order valence-corrected chi connectivity index (χ1v) is 19.5. The molecule has 280 valence electrons. The molecule has 0 spiro atoms. The average molecular weight is 853 g/mol. The summed E-state index contributed by atoms with van der Waals surface area (Å²) in [6.07, 6.45) is 4.39. The van der Waals surface area contributed by atoms with Crippen LogP contribution in [0, 0.1) is 17.8 Å². The molecule has 54 heavy (non-hydrogen) atoms. The van der Waals surface area contributed by atoms with Crippen LogP contribution in [0.2, 0.25) is 0 Å². The third-order valence-electron chi connectivity index (χ3n) is 8.64. The number of carbonyl (C=O) groups excluding carboxylic acids is 2. The Kier molecular flexibility index (Phi) is 13.0. The minimum absolute atomic E-state index is 0.00424. The van der Waals surface area contributed by atoms with Crippen LogP contribution >= 0.6 is 31.9 Å². The molecule has 0 atom stereocenters. The van der Waals surface area contributed by atoms with Crippen LogP contribution in [0.1, 0.15) is 65.5 Å². The maximum Gasteiger partial charge on any atom is 0.229 e. The fourth-order valence-electron chi connectivity index (χ4n) is 6.13. The number of methoxy groups -OCH3 is 1. The Morgan fingerprint density at radius 2 is 1.28 bits per heavy atom. The zero-order valence-corrected chi connectivity index (χ0v) is 35.4. The topological polar surface area (TPSA) is 84.4 Å². The Morgan fingerprint density at radius 1 is 0.704 bits per heavy atom. The predicted molar refractivity (Wildman–Crippen MR) is 230 cm³/mol. The fraction of sp³-hybridized carbons (Fsp3) is 0.289. The van der Waals surface area contributed by atoms with Gasteiger partial charge in [0.05, 0.1) is 13.7 Å². The molecule has 2 heterocycles. The number of ether oxygens (including phenoxy) is 1. The van der Waals surface area contributed by atoms with Gasteiger partial charge in [0.2, 0.25) is 11.8 Å². The third kappa shape index (κ3) is 11.0. The highest BCUT2D eigenvalue weighted by atomic mass is 79.9. The number of carbonyl (C=O) groups is 2. The first-order chi connectivity index (χ1) is 25.5. The van der Waals surface area contributed by atoms with Gasteiger partial charge >= 0.3 is 0 Å². The smallest absolute Gasteiger partial charge is 0.229 e. The van der Waals surface area contributed by atoms with Gasteiger partial charge in [0.15, 0.2) is 0 Å². The molecule has 0 radical (unpaired) electrons. The van der Waals surface area contributed by atoms with Gasteiger partial charge in [-0.1, -0.05) is 104 Å². The number of nitrogens with one attached hydrogen (secondary N) is 1. The molecule has 0 saturated carbocycles. The minimum atomic E-state index is -0.126. The first kappa shape index (κ1) is 40.6. The van der Waals surface area contributed by atoms with Crippen molar-refractivity contribution in [2.45, 2.75) is 67.9 Å². The fourth-order valence-corrected chi connectivity index (χ4v) is 6.89. The number of anilines is 2. The van der Waals surface area contributed by atoms with Crippen molar-refractivity contribution < 1.29 is 14.3 Å². The molecular formula is C45H48Br2N4O3. The van der Waals surface area contributed by atoms with Crippen molar-refractivity contribution in [2.75, 3.05) is 17.3 Å². The van der Waals surface area contributed by atoms with Crippen LogP contribution in [-0.4, -0.2) is 28.9 Å². The van der Waals surface area contributed by atoms with Gasteiger partial charge < -0.3 is 10.1 Å². The SMILES string of the molecule is CC(C)(C)CC(=O)Nc1nccc2cc(Br)ccc12.COc1ccc(-c2ccc(CN(C(=O)CC(C)(C)C)c3nccc4cc(Br)ccc34)cc2)cc1C. The zero-order chi connectivity index (χ0) is 39.2. The summed E-state index contributed by atoms with van der Waals surface area (Å²) in [6, 6.07) is 30.5. The first-order valence-electron chi connectivity index (χ1n) is 17.9. The van der Waals surface area contributed by atoms with E-state index in [0.29, 0.717) is 31.0 Å². The lowest BCUT2D eigenvalue weighted by Gasteiger charge is -2.27. The average Bonchev–Trinajstić information content (AvgIpc) is 3.09. The molecule has 0 fully saturated rings. The number of fused-ring (bicyclic) bond motifs is 2. The second-order valence-corrected chi connectivity index (χ2v) is 17.7. The number of nitrogens with zero attached hydrogens (tertiary/aromatic N) is 3. The number of hydrogen-bond donors (Lipinski definition) is 1. The second kappa shape index (κ2) is 17.2. The second-order valence-electron chi connectivity index (χ2n) is 15.9. The van der Waals surface area contributed by atoms with Gasteiger partial charge in [0.1, 0.15) is 17.4 Å². The van der Waals surface area contributed by atoms with Gasteiger partial charge in [0, 0.05) is 45.0 Å². The van der Waals surface area contributed by atoms with Gasteiger partial charge in [0.25, 0.3) is 0 Å². The normalized spacial score (nSPS) is 11.5. The Labute approximate surface area is 335 Å². The molecule has 6 rings (SSSR count). The van der Waals surface area contributed by atoms with Crippen molar-refractivity contribution in [1.29, 1.82) is 0 Å². The number of amides is 2. The minimum Gasteiger partial charge on any atom is -0.496 e. The molecule has 0 unspecified atom stereocenters. The van der Waals surface area contributed by atoms with Crippen LogP contribution in [0.15, 0.2) is 112 Å². The highest BCUT2D eigenvalue weighted by molar-refractivity contribution is 9.10. The number of aromatic nitrogens is 2. The number of hydrogen-bond acceptors (Lipinski definition) is 5. The molecule has 0 aliphatic carbocycles. The molecular weight excluding hydrogens is 804 g/mol. The summed E-state index contributed by atoms with van der Waals surface area (Å²) < 4.78 is 7.40. The highest BCUT2D eigenvalue weighted by Gasteiger charge is 2.25. The zero-order valence-electron chi connectivity index (χ0n) is 32.3. The lowest BCUT2D eigenvalue weighted by molar-refractivity contribution is -0.120. The Hall–Kier alpha value is -4.60. The number of rotatable bonds is 8. The van der Waals surface area contributed by atoms with E-state index in [1.165, 1.54) is 0 Å². The quantitative estimate of drug-likeness (QED) is 0.165. The molecule has 9 heteroatoms. The molecule has 0 saturated heterocycles. The summed E-state index contributed by atoms with van der Waals surface area (Å²) >= 11 is 6.99. The third-order valence-corrected chi connectivity index (χ3v) is 9.63. The number of benzene rings is 4. The van der Waals surface area contributed by atoms with Gasteiger partial charge in [-0.25, -0.2) is 9.97 Å². The van der Waals surface area contributed by atoms with E-state index >= 15 is 0 Å². The maximum absolute atomic E-state index is 13.5. The lowest BCUT2D eigenvalue weighted by atomic mass is 9.91. The van der Waals surface area contributed by atoms with Crippen molar-refractivity contribution in [3.8, 4) is 16.9 Å². The van der Waals surface area contributed by atoms with E-state index in [-0.39, 0.29) is 22.6 Å². The van der Waals surface area contributed by atoms with Gasteiger partial charge in [-0.15, -0.1) is 0 Å². The summed E-state index contributed by atoms with van der Waals surface area (Å²) in [5.74, 6) is 2.26. The monoisotopic (exact) mass is 850 g/mol. The van der Waals surface area contributed by atoms with E-state index in [4.69, 9.17) is 4.74 Å². The largest absolute Gasteiger partial charge is 0.496 e. The van der Waals surface area contributed by atoms with Gasteiger partial charge in [-0.3, -0.25) is 14.5 Å². The summed E-state index contributed by atoms with van der Waals surface area (Å²) in [5, 5.41) is 6.90. The van der Waals surface area contributed by atoms with E-state index in [2.05, 4.69) is 110 Å². The van der Waals surface area contributed by atoms with E-state index in [1.807, 2.05) is 81.1 Å². The highest BCUT2D eigenvalue weighted by Crippen LogP contribution is 2.32. The maximum atomic E-state index is 13.5. The van der Waals surface area contributed by atoms with Crippen LogP contribution in [0.25, 0.3) is 32.7 Å². The van der Waals surface area contributed by atoms with Crippen LogP contribution in [0.5, 0.6) is 5.75 Å². The van der Waals surface area contributed by atoms with Gasteiger partial charge in [-0.05, 0) is 111 Å². The van der Waals surface area contributed by atoms with E-state index < -0.39 is 0 Å². The summed E-state index contributed by atoms with van der Waals surface area (Å²) in [6.45, 7) is 14.9. The Morgan fingerprint density at radius 3 is 1.87 bits per heavy atom. The molecule has 0 bridgehead atoms. The molecule has 6 aromatic rings. The molecule has 0 aliphatic heterocycles. The standard InChI is InChI=1S/C30H31BrN2O2.C15H17BrN2O/c1-20-16-23(10-13-27(20)35-5)22-8-6-21(7-9-22)19-33(28(34)18-30(2,3)4)29-26-12-11-25(31)17-24(26)14-15-32-29;1-15(2,3)9-13(19)18-14-12-5-4-11(16)8-10(12)6-7-17-14/h6-17H,18-19H2,1-5H3;4-8H,9H2,1-3H3,(H,17,18,19).